The van der Waals surface area contributed by atoms with Crippen LogP contribution in [0, 0.1) is 12.3 Å². The molecule has 0 unspecified atom stereocenters. The molecule has 37 heavy (non-hydrogen) atoms. The van der Waals surface area contributed by atoms with Gasteiger partial charge in [-0.2, -0.15) is 33.6 Å². The summed E-state index contributed by atoms with van der Waals surface area (Å²) in [7, 11) is 0. The van der Waals surface area contributed by atoms with Crippen molar-refractivity contribution in [2.45, 2.75) is 50.6 Å². The molecule has 2 aromatic heterocycles. The molecule has 10 nitrogen and oxygen atoms in total. The third kappa shape index (κ3) is 7.03. The van der Waals surface area contributed by atoms with Crippen molar-refractivity contribution in [3.63, 3.8) is 0 Å². The number of hydrogen-bond acceptors (Lipinski definition) is 6. The van der Waals surface area contributed by atoms with E-state index in [1.54, 1.807) is 12.4 Å². The first-order chi connectivity index (χ1) is 17.7. The van der Waals surface area contributed by atoms with Crippen LogP contribution >= 0.6 is 0 Å². The Hall–Kier alpha value is -4.47. The van der Waals surface area contributed by atoms with Crippen LogP contribution in [0.5, 0.6) is 0 Å². The van der Waals surface area contributed by atoms with E-state index in [0.717, 1.165) is 25.0 Å². The summed E-state index contributed by atoms with van der Waals surface area (Å²) >= 11 is 0. The third-order valence-electron chi connectivity index (χ3n) is 5.58. The number of aromatic nitrogens is 4. The fraction of sp³-hybridized carbons (Fsp3) is 0.333. The van der Waals surface area contributed by atoms with Gasteiger partial charge >= 0.3 is 6.18 Å². The summed E-state index contributed by atoms with van der Waals surface area (Å²) in [6.45, 7) is 0.166. The quantitative estimate of drug-likeness (QED) is 0.290. The number of amides is 2. The molecule has 0 saturated heterocycles. The van der Waals surface area contributed by atoms with Gasteiger partial charge in [0, 0.05) is 31.1 Å². The van der Waals surface area contributed by atoms with Crippen molar-refractivity contribution in [1.29, 1.82) is 0 Å². The molecule has 0 saturated carbocycles. The second-order valence-corrected chi connectivity index (χ2v) is 8.47. The number of alkyl halides is 3. The Morgan fingerprint density at radius 1 is 1.03 bits per heavy atom. The Labute approximate surface area is 209 Å². The molecule has 2 N–H and O–H groups in total. The number of hydrogen-bond donors (Lipinski definition) is 2. The Bertz CT molecular complexity index is 1330. The van der Waals surface area contributed by atoms with Crippen LogP contribution < -0.4 is 10.6 Å². The van der Waals surface area contributed by atoms with Crippen LogP contribution in [0.2, 0.25) is 0 Å². The number of benzene rings is 1. The number of halogens is 3. The van der Waals surface area contributed by atoms with E-state index < -0.39 is 23.3 Å². The van der Waals surface area contributed by atoms with Crippen LogP contribution in [0.15, 0.2) is 59.2 Å². The number of anilines is 2. The van der Waals surface area contributed by atoms with E-state index in [9.17, 15) is 22.8 Å². The van der Waals surface area contributed by atoms with E-state index in [2.05, 4.69) is 37.0 Å². The minimum atomic E-state index is -4.45. The highest BCUT2D eigenvalue weighted by atomic mass is 19.4. The topological polar surface area (TPSA) is 119 Å². The molecule has 13 heteroatoms. The highest BCUT2D eigenvalue weighted by Crippen LogP contribution is 2.38. The Morgan fingerprint density at radius 3 is 2.46 bits per heavy atom. The molecule has 0 bridgehead atoms. The molecule has 0 aliphatic carbocycles. The van der Waals surface area contributed by atoms with Gasteiger partial charge in [-0.1, -0.05) is 0 Å². The lowest BCUT2D eigenvalue weighted by atomic mass is 10.0. The highest BCUT2D eigenvalue weighted by Gasteiger charge is 2.39. The second kappa shape index (κ2) is 10.7. The summed E-state index contributed by atoms with van der Waals surface area (Å²) in [5.74, 6) is 1.82. The van der Waals surface area contributed by atoms with E-state index in [0.29, 0.717) is 18.5 Å². The number of carbonyl (C=O) groups excluding carboxylic acids is 2. The molecule has 3 heterocycles. The molecule has 1 aliphatic heterocycles. The summed E-state index contributed by atoms with van der Waals surface area (Å²) in [5.41, 5.74) is -0.494. The number of nitrogens with one attached hydrogen (secondary N) is 2. The zero-order valence-electron chi connectivity index (χ0n) is 19.6. The lowest BCUT2D eigenvalue weighted by Crippen LogP contribution is -2.17. The number of rotatable bonds is 11. The van der Waals surface area contributed by atoms with Gasteiger partial charge in [-0.25, -0.2) is 4.68 Å². The van der Waals surface area contributed by atoms with Gasteiger partial charge in [0.1, 0.15) is 6.67 Å². The van der Waals surface area contributed by atoms with Crippen LogP contribution in [0.1, 0.15) is 48.2 Å². The summed E-state index contributed by atoms with van der Waals surface area (Å²) in [6, 6.07) is 5.59. The average Bonchev–Trinajstić information content (AvgIpc) is 3.23. The molecule has 1 aliphatic rings. The predicted molar refractivity (Wildman–Crippen MR) is 127 cm³/mol. The fourth-order valence-corrected chi connectivity index (χ4v) is 3.56. The van der Waals surface area contributed by atoms with Crippen LogP contribution in [-0.2, 0) is 17.6 Å². The normalized spacial score (nSPS) is 13.7. The van der Waals surface area contributed by atoms with Crippen LogP contribution in [0.25, 0.3) is 0 Å². The zero-order valence-corrected chi connectivity index (χ0v) is 19.6. The van der Waals surface area contributed by atoms with Crippen molar-refractivity contribution in [2.75, 3.05) is 10.6 Å². The molecule has 0 radical (unpaired) electrons. The lowest BCUT2D eigenvalue weighted by molar-refractivity contribution is -0.137. The molecule has 1 aromatic carbocycles. The van der Waals surface area contributed by atoms with Gasteiger partial charge in [0.15, 0.2) is 11.4 Å². The minimum absolute atomic E-state index is 0.0765. The zero-order chi connectivity index (χ0) is 26.5. The van der Waals surface area contributed by atoms with Gasteiger partial charge in [0.05, 0.1) is 23.6 Å². The monoisotopic (exact) mass is 512 g/mol. The van der Waals surface area contributed by atoms with Gasteiger partial charge in [0.2, 0.25) is 5.91 Å². The van der Waals surface area contributed by atoms with Gasteiger partial charge in [-0.05, 0) is 43.2 Å². The van der Waals surface area contributed by atoms with Crippen molar-refractivity contribution in [2.24, 2.45) is 10.2 Å². The van der Waals surface area contributed by atoms with E-state index >= 15 is 0 Å². The van der Waals surface area contributed by atoms with Crippen molar-refractivity contribution >= 4 is 23.2 Å². The SMILES string of the molecule is C#CCCCC1(CCC(=O)Nc2cnn(Cn3ccc(C(=O)Nc4ccc(C(F)(F)F)cc4)n3)c2)N=N1. The molecule has 0 atom stereocenters. The van der Waals surface area contributed by atoms with E-state index in [-0.39, 0.29) is 30.4 Å². The molecule has 3 aromatic rings. The Balaban J connectivity index is 1.25. The average molecular weight is 512 g/mol. The summed E-state index contributed by atoms with van der Waals surface area (Å²) in [5, 5.41) is 21.8. The van der Waals surface area contributed by atoms with E-state index in [1.165, 1.54) is 33.8 Å². The van der Waals surface area contributed by atoms with Crippen molar-refractivity contribution in [3.8, 4) is 12.3 Å². The van der Waals surface area contributed by atoms with Gasteiger partial charge < -0.3 is 10.6 Å². The number of unbranched alkanes of at least 4 members (excludes halogenated alkanes) is 1. The summed E-state index contributed by atoms with van der Waals surface area (Å²) < 4.78 is 41.0. The van der Waals surface area contributed by atoms with Crippen molar-refractivity contribution in [3.05, 3.63) is 60.2 Å². The van der Waals surface area contributed by atoms with E-state index in [1.807, 2.05) is 0 Å². The van der Waals surface area contributed by atoms with Crippen LogP contribution in [0.4, 0.5) is 24.5 Å². The van der Waals surface area contributed by atoms with Gasteiger partial charge in [0.25, 0.3) is 5.91 Å². The first kappa shape index (κ1) is 25.6. The highest BCUT2D eigenvalue weighted by molar-refractivity contribution is 6.02. The second-order valence-electron chi connectivity index (χ2n) is 8.47. The number of nitrogens with zero attached hydrogens (tertiary/aromatic N) is 6. The number of terminal acetylenes is 1. The Morgan fingerprint density at radius 2 is 1.78 bits per heavy atom. The maximum Gasteiger partial charge on any atom is 0.416 e. The maximum absolute atomic E-state index is 12.7. The van der Waals surface area contributed by atoms with Crippen LogP contribution in [-0.4, -0.2) is 37.0 Å². The molecule has 4 rings (SSSR count). The molecular formula is C24H23F3N8O2. The van der Waals surface area contributed by atoms with Crippen LogP contribution in [0.3, 0.4) is 0 Å². The maximum atomic E-state index is 12.7. The third-order valence-corrected chi connectivity index (χ3v) is 5.58. The molecule has 192 valence electrons. The molecular weight excluding hydrogens is 489 g/mol. The standard InChI is InChI=1S/C24H23F3N8O2/c1-2-3-4-11-23(32-33-23)12-9-21(36)29-19-14-28-35(15-19)16-34-13-10-20(31-34)22(37)30-18-7-5-17(6-8-18)24(25,26)27/h1,5-8,10,13-15H,3-4,9,11-12,16H2,(H,29,36)(H,30,37). The van der Waals surface area contributed by atoms with Gasteiger partial charge in [-0.15, -0.1) is 12.3 Å². The number of carbonyl (C=O) groups is 2. The minimum Gasteiger partial charge on any atom is -0.323 e. The van der Waals surface area contributed by atoms with Crippen molar-refractivity contribution in [1.82, 2.24) is 19.6 Å². The first-order valence-electron chi connectivity index (χ1n) is 11.4. The first-order valence-corrected chi connectivity index (χ1v) is 11.4. The molecule has 0 fully saturated rings. The Kier molecular flexibility index (Phi) is 7.37. The fourth-order valence-electron chi connectivity index (χ4n) is 3.56. The smallest absolute Gasteiger partial charge is 0.323 e. The summed E-state index contributed by atoms with van der Waals surface area (Å²) in [4.78, 5) is 24.7. The van der Waals surface area contributed by atoms with E-state index in [4.69, 9.17) is 6.42 Å². The lowest BCUT2D eigenvalue weighted by Gasteiger charge is -2.09. The molecule has 2 amide bonds. The molecule has 0 spiro atoms. The van der Waals surface area contributed by atoms with Gasteiger partial charge in [-0.3, -0.25) is 14.3 Å². The summed E-state index contributed by atoms with van der Waals surface area (Å²) in [6.07, 6.45) is 8.45. The van der Waals surface area contributed by atoms with Crippen molar-refractivity contribution < 1.29 is 22.8 Å². The largest absolute Gasteiger partial charge is 0.416 e. The predicted octanol–water partition coefficient (Wildman–Crippen LogP) is 4.54.